The zero-order valence-corrected chi connectivity index (χ0v) is 9.84. The Bertz CT molecular complexity index is 331. The van der Waals surface area contributed by atoms with Gasteiger partial charge in [-0.3, -0.25) is 4.79 Å². The van der Waals surface area contributed by atoms with Crippen LogP contribution < -0.4 is 0 Å². The highest BCUT2D eigenvalue weighted by Crippen LogP contribution is 2.67. The molecular weight excluding hydrogens is 188 g/mol. The summed E-state index contributed by atoms with van der Waals surface area (Å²) in [5.41, 5.74) is -1.56. The van der Waals surface area contributed by atoms with E-state index >= 15 is 0 Å². The molecule has 0 aliphatic heterocycles. The molecule has 2 aliphatic rings. The fourth-order valence-electron chi connectivity index (χ4n) is 3.83. The molecule has 0 spiro atoms. The van der Waals surface area contributed by atoms with E-state index in [9.17, 15) is 9.90 Å². The number of ketones is 1. The second-order valence-electron chi connectivity index (χ2n) is 5.89. The highest BCUT2D eigenvalue weighted by Gasteiger charge is 2.72. The smallest absolute Gasteiger partial charge is 0.171 e. The fraction of sp³-hybridized carbons (Fsp3) is 0.769. The van der Waals surface area contributed by atoms with Gasteiger partial charge in [0.2, 0.25) is 0 Å². The Morgan fingerprint density at radius 3 is 2.53 bits per heavy atom. The van der Waals surface area contributed by atoms with Crippen molar-refractivity contribution >= 4 is 5.78 Å². The van der Waals surface area contributed by atoms with Gasteiger partial charge in [-0.1, -0.05) is 26.8 Å². The Hall–Kier alpha value is -0.630. The van der Waals surface area contributed by atoms with Crippen LogP contribution in [0.2, 0.25) is 0 Å². The number of carbonyl (C=O) groups is 1. The molecule has 2 saturated carbocycles. The molecule has 2 heteroatoms. The summed E-state index contributed by atoms with van der Waals surface area (Å²) >= 11 is 0. The molecule has 0 saturated heterocycles. The highest BCUT2D eigenvalue weighted by atomic mass is 16.3. The van der Waals surface area contributed by atoms with E-state index in [1.54, 1.807) is 6.08 Å². The third kappa shape index (κ3) is 0.963. The molecule has 84 valence electrons. The number of aliphatic hydroxyl groups is 1. The number of fused-ring (bicyclic) bond motifs is 2. The van der Waals surface area contributed by atoms with E-state index in [0.717, 1.165) is 12.8 Å². The van der Waals surface area contributed by atoms with Crippen molar-refractivity contribution in [1.82, 2.24) is 0 Å². The van der Waals surface area contributed by atoms with Crippen molar-refractivity contribution in [3.63, 3.8) is 0 Å². The first-order valence-electron chi connectivity index (χ1n) is 5.69. The molecule has 2 fully saturated rings. The van der Waals surface area contributed by atoms with Gasteiger partial charge in [0.15, 0.2) is 5.78 Å². The maximum atomic E-state index is 12.3. The molecule has 0 aromatic heterocycles. The van der Waals surface area contributed by atoms with E-state index in [1.807, 2.05) is 6.92 Å². The first-order chi connectivity index (χ1) is 6.80. The molecule has 1 N–H and O–H groups in total. The van der Waals surface area contributed by atoms with Crippen molar-refractivity contribution in [3.8, 4) is 0 Å². The second kappa shape index (κ2) is 2.73. The van der Waals surface area contributed by atoms with Crippen LogP contribution in [0.3, 0.4) is 0 Å². The summed E-state index contributed by atoms with van der Waals surface area (Å²) in [4.78, 5) is 12.3. The minimum atomic E-state index is -1.14. The van der Waals surface area contributed by atoms with Crippen LogP contribution in [0.1, 0.15) is 40.0 Å². The van der Waals surface area contributed by atoms with Crippen LogP contribution in [0.5, 0.6) is 0 Å². The highest BCUT2D eigenvalue weighted by molar-refractivity contribution is 5.97. The number of Topliss-reactive ketones (excluding diaryl/α,β-unsaturated/α-hetero) is 1. The lowest BCUT2D eigenvalue weighted by atomic mass is 9.70. The Morgan fingerprint density at radius 1 is 1.53 bits per heavy atom. The van der Waals surface area contributed by atoms with Crippen LogP contribution in [0.15, 0.2) is 12.7 Å². The standard InChI is InChI=1S/C13H20O2/c1-5-7-13(15)9-6-8-12(4,10(13)14)11(9,2)3/h5,9,15H,1,6-8H2,2-4H3/t9-,12-,13+/m0/s1. The monoisotopic (exact) mass is 208 g/mol. The molecule has 0 radical (unpaired) electrons. The first kappa shape index (κ1) is 10.9. The molecule has 2 aliphatic carbocycles. The van der Waals surface area contributed by atoms with E-state index in [0.29, 0.717) is 6.42 Å². The minimum absolute atomic E-state index is 0.0381. The van der Waals surface area contributed by atoms with Crippen LogP contribution >= 0.6 is 0 Å². The molecule has 0 aromatic rings. The fourth-order valence-corrected chi connectivity index (χ4v) is 3.83. The summed E-state index contributed by atoms with van der Waals surface area (Å²) in [5, 5.41) is 10.5. The average molecular weight is 208 g/mol. The normalized spacial score (nSPS) is 47.2. The predicted molar refractivity (Wildman–Crippen MR) is 59.4 cm³/mol. The van der Waals surface area contributed by atoms with Crippen LogP contribution in [0.25, 0.3) is 0 Å². The Labute approximate surface area is 91.4 Å². The van der Waals surface area contributed by atoms with E-state index in [1.165, 1.54) is 0 Å². The molecule has 2 bridgehead atoms. The molecule has 0 amide bonds. The average Bonchev–Trinajstić information content (AvgIpc) is 2.42. The summed E-state index contributed by atoms with van der Waals surface area (Å²) in [6.07, 6.45) is 3.94. The maximum absolute atomic E-state index is 12.3. The first-order valence-corrected chi connectivity index (χ1v) is 5.69. The predicted octanol–water partition coefficient (Wildman–Crippen LogP) is 2.32. The van der Waals surface area contributed by atoms with E-state index in [2.05, 4.69) is 20.4 Å². The SMILES string of the molecule is C=CC[C@]1(O)C(=O)[C@]2(C)CC[C@H]1C2(C)C. The van der Waals surface area contributed by atoms with Crippen LogP contribution in [0.4, 0.5) is 0 Å². The van der Waals surface area contributed by atoms with Gasteiger partial charge in [-0.05, 0) is 18.3 Å². The number of carbonyl (C=O) groups excluding carboxylic acids is 1. The summed E-state index contributed by atoms with van der Waals surface area (Å²) in [5.74, 6) is 0.136. The van der Waals surface area contributed by atoms with Gasteiger partial charge in [0.05, 0.1) is 0 Å². The van der Waals surface area contributed by atoms with Gasteiger partial charge in [0.1, 0.15) is 5.60 Å². The van der Waals surface area contributed by atoms with Crippen molar-refractivity contribution in [2.75, 3.05) is 0 Å². The van der Waals surface area contributed by atoms with E-state index in [-0.39, 0.29) is 22.5 Å². The Morgan fingerprint density at radius 2 is 2.13 bits per heavy atom. The maximum Gasteiger partial charge on any atom is 0.171 e. The van der Waals surface area contributed by atoms with Gasteiger partial charge in [-0.15, -0.1) is 6.58 Å². The second-order valence-corrected chi connectivity index (χ2v) is 5.89. The molecule has 0 heterocycles. The van der Waals surface area contributed by atoms with Gasteiger partial charge in [-0.25, -0.2) is 0 Å². The van der Waals surface area contributed by atoms with Crippen molar-refractivity contribution < 1.29 is 9.90 Å². The zero-order valence-electron chi connectivity index (χ0n) is 9.84. The van der Waals surface area contributed by atoms with E-state index in [4.69, 9.17) is 0 Å². The molecular formula is C13H20O2. The van der Waals surface area contributed by atoms with Crippen LogP contribution in [-0.2, 0) is 4.79 Å². The lowest BCUT2D eigenvalue weighted by Crippen LogP contribution is -2.46. The summed E-state index contributed by atoms with van der Waals surface area (Å²) in [6.45, 7) is 9.89. The molecule has 3 atom stereocenters. The van der Waals surface area contributed by atoms with Crippen LogP contribution in [0, 0.1) is 16.7 Å². The van der Waals surface area contributed by atoms with Crippen LogP contribution in [-0.4, -0.2) is 16.5 Å². The third-order valence-electron chi connectivity index (χ3n) is 5.15. The summed E-state index contributed by atoms with van der Waals surface area (Å²) in [6, 6.07) is 0. The molecule has 0 unspecified atom stereocenters. The van der Waals surface area contributed by atoms with Gasteiger partial charge in [-0.2, -0.15) is 0 Å². The van der Waals surface area contributed by atoms with E-state index < -0.39 is 5.60 Å². The Kier molecular flexibility index (Phi) is 1.98. The molecule has 2 rings (SSSR count). The van der Waals surface area contributed by atoms with Gasteiger partial charge in [0.25, 0.3) is 0 Å². The summed E-state index contributed by atoms with van der Waals surface area (Å²) in [7, 11) is 0. The van der Waals surface area contributed by atoms with Crippen molar-refractivity contribution in [2.24, 2.45) is 16.7 Å². The van der Waals surface area contributed by atoms with Gasteiger partial charge < -0.3 is 5.11 Å². The number of hydrogen-bond acceptors (Lipinski definition) is 2. The van der Waals surface area contributed by atoms with Crippen molar-refractivity contribution in [3.05, 3.63) is 12.7 Å². The minimum Gasteiger partial charge on any atom is -0.381 e. The lowest BCUT2D eigenvalue weighted by Gasteiger charge is -2.32. The summed E-state index contributed by atoms with van der Waals surface area (Å²) < 4.78 is 0. The zero-order chi connectivity index (χ0) is 11.5. The quantitative estimate of drug-likeness (QED) is 0.707. The largest absolute Gasteiger partial charge is 0.381 e. The molecule has 2 nitrogen and oxygen atoms in total. The lowest BCUT2D eigenvalue weighted by molar-refractivity contribution is -0.146. The molecule has 15 heavy (non-hydrogen) atoms. The number of hydrogen-bond donors (Lipinski definition) is 1. The third-order valence-corrected chi connectivity index (χ3v) is 5.15. The van der Waals surface area contributed by atoms with Crippen molar-refractivity contribution in [1.29, 1.82) is 0 Å². The van der Waals surface area contributed by atoms with Gasteiger partial charge >= 0.3 is 0 Å². The van der Waals surface area contributed by atoms with Gasteiger partial charge in [0, 0.05) is 17.8 Å². The number of rotatable bonds is 2. The topological polar surface area (TPSA) is 37.3 Å². The molecule has 0 aromatic carbocycles. The Balaban J connectivity index is 2.51. The van der Waals surface area contributed by atoms with Crippen molar-refractivity contribution in [2.45, 2.75) is 45.6 Å².